The highest BCUT2D eigenvalue weighted by atomic mass is 28.3. The van der Waals surface area contributed by atoms with E-state index in [1.807, 2.05) is 18.2 Å². The Balaban J connectivity index is 1.66. The molecular weight excluding hydrogens is 420 g/mol. The number of carbonyl (C=O) groups excluding carboxylic acids is 1. The average Bonchev–Trinajstić information content (AvgIpc) is 2.77. The third-order valence-electron chi connectivity index (χ3n) is 4.64. The highest BCUT2D eigenvalue weighted by molar-refractivity contribution is 6.76. The maximum absolute atomic E-state index is 10.9. The number of aldehydes is 1. The molecule has 8 heteroatoms. The molecule has 2 aromatic heterocycles. The molecular formula is C24H28N4O3Si. The molecule has 0 aliphatic rings. The van der Waals surface area contributed by atoms with Gasteiger partial charge in [-0.05, 0) is 42.6 Å². The fraction of sp³-hybridized carbons (Fsp3) is 0.250. The highest BCUT2D eigenvalue weighted by Gasteiger charge is 2.12. The molecule has 3 rings (SSSR count). The van der Waals surface area contributed by atoms with E-state index in [4.69, 9.17) is 15.2 Å². The minimum Gasteiger partial charge on any atom is -0.439 e. The van der Waals surface area contributed by atoms with Crippen molar-refractivity contribution in [3.05, 3.63) is 72.2 Å². The van der Waals surface area contributed by atoms with E-state index in [1.54, 1.807) is 30.5 Å². The van der Waals surface area contributed by atoms with Crippen LogP contribution in [0.15, 0.2) is 66.1 Å². The summed E-state index contributed by atoms with van der Waals surface area (Å²) in [6, 6.07) is 12.0. The first kappa shape index (κ1) is 23.3. The molecule has 0 spiro atoms. The molecule has 0 saturated carbocycles. The van der Waals surface area contributed by atoms with Gasteiger partial charge in [0.15, 0.2) is 6.29 Å². The minimum atomic E-state index is -1.12. The summed E-state index contributed by atoms with van der Waals surface area (Å²) >= 11 is 0. The van der Waals surface area contributed by atoms with Gasteiger partial charge in [-0.2, -0.15) is 0 Å². The molecule has 0 aliphatic carbocycles. The summed E-state index contributed by atoms with van der Waals surface area (Å²) in [7, 11) is -1.12. The van der Waals surface area contributed by atoms with Crippen LogP contribution in [0.3, 0.4) is 0 Å². The molecule has 0 aliphatic heterocycles. The predicted octanol–water partition coefficient (Wildman–Crippen LogP) is 4.81. The fourth-order valence-electron chi connectivity index (χ4n) is 2.85. The van der Waals surface area contributed by atoms with Crippen molar-refractivity contribution in [2.45, 2.75) is 25.7 Å². The summed E-state index contributed by atoms with van der Waals surface area (Å²) in [5, 5.41) is 0.867. The largest absolute Gasteiger partial charge is 0.439 e. The molecule has 0 saturated heterocycles. The van der Waals surface area contributed by atoms with Gasteiger partial charge in [0.05, 0.1) is 11.2 Å². The molecule has 0 bridgehead atoms. The molecule has 2 N–H and O–H groups in total. The van der Waals surface area contributed by atoms with E-state index in [-0.39, 0.29) is 6.73 Å². The molecule has 166 valence electrons. The van der Waals surface area contributed by atoms with Gasteiger partial charge in [0, 0.05) is 55.7 Å². The van der Waals surface area contributed by atoms with Crippen LogP contribution in [0.2, 0.25) is 25.7 Å². The van der Waals surface area contributed by atoms with Gasteiger partial charge in [0.25, 0.3) is 0 Å². The van der Waals surface area contributed by atoms with Crippen molar-refractivity contribution in [3.63, 3.8) is 0 Å². The number of benzene rings is 1. The van der Waals surface area contributed by atoms with E-state index >= 15 is 0 Å². The summed E-state index contributed by atoms with van der Waals surface area (Å²) in [5.41, 5.74) is 8.37. The summed E-state index contributed by atoms with van der Waals surface area (Å²) < 4.78 is 11.5. The summed E-state index contributed by atoms with van der Waals surface area (Å²) in [5.74, 6) is 1.05. The molecule has 3 aromatic rings. The number of aromatic nitrogens is 2. The minimum absolute atomic E-state index is 0.276. The Morgan fingerprint density at radius 3 is 2.66 bits per heavy atom. The number of ether oxygens (including phenoxy) is 2. The van der Waals surface area contributed by atoms with Crippen molar-refractivity contribution in [1.29, 1.82) is 0 Å². The van der Waals surface area contributed by atoms with Crippen molar-refractivity contribution in [1.82, 2.24) is 9.97 Å². The Bertz CT molecular complexity index is 1120. The second-order valence-corrected chi connectivity index (χ2v) is 14.1. The molecule has 0 amide bonds. The number of rotatable bonds is 10. The predicted molar refractivity (Wildman–Crippen MR) is 130 cm³/mol. The number of nitrogens with two attached hydrogens (primary N) is 1. The van der Waals surface area contributed by atoms with Crippen LogP contribution in [0.4, 0.5) is 0 Å². The normalized spacial score (nSPS) is 12.4. The number of carbonyl (C=O) groups is 1. The van der Waals surface area contributed by atoms with Crippen LogP contribution in [-0.2, 0) is 4.74 Å². The van der Waals surface area contributed by atoms with Gasteiger partial charge >= 0.3 is 0 Å². The van der Waals surface area contributed by atoms with Crippen molar-refractivity contribution in [2.24, 2.45) is 10.7 Å². The van der Waals surface area contributed by atoms with Gasteiger partial charge < -0.3 is 15.2 Å². The molecule has 0 atom stereocenters. The summed E-state index contributed by atoms with van der Waals surface area (Å²) in [6.07, 6.45) is 7.17. The molecule has 7 nitrogen and oxygen atoms in total. The lowest BCUT2D eigenvalue weighted by atomic mass is 10.1. The topological polar surface area (TPSA) is 99.7 Å². The van der Waals surface area contributed by atoms with Crippen LogP contribution in [0.1, 0.15) is 15.9 Å². The third kappa shape index (κ3) is 6.83. The summed E-state index contributed by atoms with van der Waals surface area (Å²) in [6.45, 7) is 7.93. The Kier molecular flexibility index (Phi) is 7.86. The van der Waals surface area contributed by atoms with Gasteiger partial charge in [-0.1, -0.05) is 19.6 Å². The quantitative estimate of drug-likeness (QED) is 0.207. The molecule has 32 heavy (non-hydrogen) atoms. The lowest BCUT2D eigenvalue weighted by molar-refractivity contribution is 0.112. The van der Waals surface area contributed by atoms with Gasteiger partial charge in [0.2, 0.25) is 5.88 Å². The number of aliphatic imine (C=N–C) groups is 1. The SMILES string of the molecule is C[Si](C)(C)CCOCN=C(C=CN)c1ccc(Oc2ccc3cc(C=O)cnc3c2)nc1. The standard InChI is InChI=1S/C24H28N4O3Si/c1-32(2,3)11-10-30-17-28-22(8-9-25)20-5-7-24(27-15-20)31-21-6-4-19-12-18(16-29)14-26-23(19)13-21/h4-9,12-16H,10-11,17,25H2,1-3H3. The number of allylic oxidation sites excluding steroid dienone is 1. The van der Waals surface area contributed by atoms with E-state index in [0.29, 0.717) is 29.5 Å². The van der Waals surface area contributed by atoms with E-state index in [0.717, 1.165) is 28.8 Å². The fourth-order valence-corrected chi connectivity index (χ4v) is 3.61. The summed E-state index contributed by atoms with van der Waals surface area (Å²) in [4.78, 5) is 24.1. The van der Waals surface area contributed by atoms with Gasteiger partial charge in [0.1, 0.15) is 12.5 Å². The molecule has 2 heterocycles. The second-order valence-electron chi connectivity index (χ2n) is 8.48. The van der Waals surface area contributed by atoms with Crippen molar-refractivity contribution >= 4 is 31.0 Å². The van der Waals surface area contributed by atoms with Crippen LogP contribution in [0.25, 0.3) is 10.9 Å². The Morgan fingerprint density at radius 2 is 1.97 bits per heavy atom. The van der Waals surface area contributed by atoms with Crippen LogP contribution in [-0.4, -0.2) is 43.4 Å². The molecule has 0 unspecified atom stereocenters. The van der Waals surface area contributed by atoms with E-state index in [2.05, 4.69) is 34.6 Å². The van der Waals surface area contributed by atoms with Gasteiger partial charge in [-0.25, -0.2) is 4.98 Å². The zero-order valence-corrected chi connectivity index (χ0v) is 19.6. The monoisotopic (exact) mass is 448 g/mol. The zero-order valence-electron chi connectivity index (χ0n) is 18.6. The van der Waals surface area contributed by atoms with Crippen LogP contribution in [0, 0.1) is 0 Å². The maximum Gasteiger partial charge on any atom is 0.219 e. The highest BCUT2D eigenvalue weighted by Crippen LogP contribution is 2.24. The molecule has 0 radical (unpaired) electrons. The number of hydrogen-bond donors (Lipinski definition) is 1. The second kappa shape index (κ2) is 10.8. The van der Waals surface area contributed by atoms with Crippen LogP contribution >= 0.6 is 0 Å². The van der Waals surface area contributed by atoms with Crippen LogP contribution in [0.5, 0.6) is 11.6 Å². The first-order valence-corrected chi connectivity index (χ1v) is 14.1. The number of nitrogens with zero attached hydrogens (tertiary/aromatic N) is 3. The first-order valence-electron chi connectivity index (χ1n) is 10.4. The average molecular weight is 449 g/mol. The third-order valence-corrected chi connectivity index (χ3v) is 6.35. The van der Waals surface area contributed by atoms with E-state index in [1.165, 1.54) is 12.4 Å². The molecule has 1 aromatic carbocycles. The lowest BCUT2D eigenvalue weighted by Crippen LogP contribution is -2.21. The van der Waals surface area contributed by atoms with Crippen LogP contribution < -0.4 is 10.5 Å². The lowest BCUT2D eigenvalue weighted by Gasteiger charge is -2.14. The van der Waals surface area contributed by atoms with Crippen molar-refractivity contribution < 1.29 is 14.3 Å². The molecule has 0 fully saturated rings. The Labute approximate surface area is 189 Å². The number of hydrogen-bond acceptors (Lipinski definition) is 7. The maximum atomic E-state index is 10.9. The first-order chi connectivity index (χ1) is 15.4. The zero-order chi connectivity index (χ0) is 23.0. The van der Waals surface area contributed by atoms with E-state index < -0.39 is 8.07 Å². The number of fused-ring (bicyclic) bond motifs is 1. The van der Waals surface area contributed by atoms with Gasteiger partial charge in [-0.3, -0.25) is 14.8 Å². The van der Waals surface area contributed by atoms with Crippen molar-refractivity contribution in [2.75, 3.05) is 13.3 Å². The van der Waals surface area contributed by atoms with E-state index in [9.17, 15) is 4.79 Å². The smallest absolute Gasteiger partial charge is 0.219 e. The van der Waals surface area contributed by atoms with Gasteiger partial charge in [-0.15, -0.1) is 0 Å². The Hall–Kier alpha value is -3.36. The number of pyridine rings is 2. The Morgan fingerprint density at radius 1 is 1.12 bits per heavy atom. The van der Waals surface area contributed by atoms with Crippen molar-refractivity contribution in [3.8, 4) is 11.6 Å².